The molecule has 0 aliphatic carbocycles. The molecule has 0 aromatic heterocycles. The third kappa shape index (κ3) is 5.48. The first-order valence-electron chi connectivity index (χ1n) is 7.53. The van der Waals surface area contributed by atoms with Gasteiger partial charge in [0.05, 0.1) is 12.7 Å². The summed E-state index contributed by atoms with van der Waals surface area (Å²) < 4.78 is 60.6. The predicted octanol–water partition coefficient (Wildman–Crippen LogP) is 6.12. The van der Waals surface area contributed by atoms with Gasteiger partial charge in [-0.05, 0) is 31.9 Å². The minimum atomic E-state index is -4.46. The summed E-state index contributed by atoms with van der Waals surface area (Å²) in [5, 5.41) is 0. The van der Waals surface area contributed by atoms with Crippen molar-refractivity contribution in [3.63, 3.8) is 0 Å². The zero-order chi connectivity index (χ0) is 19.3. The van der Waals surface area contributed by atoms with Crippen molar-refractivity contribution in [2.24, 2.45) is 5.92 Å². The van der Waals surface area contributed by atoms with Crippen LogP contribution in [0.5, 0.6) is 0 Å². The van der Waals surface area contributed by atoms with Crippen LogP contribution in [-0.2, 0) is 4.74 Å². The lowest BCUT2D eigenvalue weighted by atomic mass is 9.93. The third-order valence-corrected chi connectivity index (χ3v) is 3.51. The summed E-state index contributed by atoms with van der Waals surface area (Å²) in [5.41, 5.74) is -1.67. The Balaban J connectivity index is 5.02. The maximum absolute atomic E-state index is 13.9. The van der Waals surface area contributed by atoms with Crippen LogP contribution in [0.3, 0.4) is 0 Å². The van der Waals surface area contributed by atoms with E-state index < -0.39 is 23.0 Å². The molecule has 1 unspecified atom stereocenters. The molecule has 0 N–H and O–H groups in total. The fraction of sp³-hybridized carbons (Fsp3) is 0.474. The number of alkyl halides is 4. The Morgan fingerprint density at radius 2 is 1.46 bits per heavy atom. The number of hydrogen-bond donors (Lipinski definition) is 0. The molecule has 0 radical (unpaired) electrons. The number of ether oxygens (including phenoxy) is 1. The zero-order valence-corrected chi connectivity index (χ0v) is 14.8. The molecule has 0 aliphatic rings. The van der Waals surface area contributed by atoms with E-state index in [1.807, 2.05) is 20.8 Å². The van der Waals surface area contributed by atoms with Crippen LogP contribution in [0.15, 0.2) is 60.8 Å². The van der Waals surface area contributed by atoms with E-state index in [2.05, 4.69) is 26.3 Å². The van der Waals surface area contributed by atoms with Crippen molar-refractivity contribution in [2.75, 3.05) is 6.61 Å². The molecule has 0 spiro atoms. The van der Waals surface area contributed by atoms with Gasteiger partial charge in [0.25, 0.3) is 0 Å². The van der Waals surface area contributed by atoms with Crippen molar-refractivity contribution in [2.45, 2.75) is 45.6 Å². The summed E-state index contributed by atoms with van der Waals surface area (Å²) in [5.74, 6) is -8.91. The van der Waals surface area contributed by atoms with Gasteiger partial charge in [-0.1, -0.05) is 51.0 Å². The lowest BCUT2D eigenvalue weighted by Gasteiger charge is -2.28. The van der Waals surface area contributed by atoms with E-state index in [-0.39, 0.29) is 17.6 Å². The maximum Gasteiger partial charge on any atom is 0.339 e. The van der Waals surface area contributed by atoms with Crippen LogP contribution >= 0.6 is 0 Å². The Hall–Kier alpha value is -1.62. The van der Waals surface area contributed by atoms with E-state index in [1.165, 1.54) is 12.2 Å². The van der Waals surface area contributed by atoms with Crippen molar-refractivity contribution in [1.29, 1.82) is 0 Å². The standard InChI is InChI=1S/C19H26F4O/c1-12(2)18(20,21)19(22,23)17(8)15(6)10-9-14(5)16(7)11-24-13(3)4/h9-10,13,16H,1,5-6,8,11H2,2-4,7H3/b10-9-. The van der Waals surface area contributed by atoms with Crippen LogP contribution in [0, 0.1) is 5.92 Å². The van der Waals surface area contributed by atoms with E-state index in [0.29, 0.717) is 12.2 Å². The quantitative estimate of drug-likeness (QED) is 0.263. The largest absolute Gasteiger partial charge is 0.378 e. The highest BCUT2D eigenvalue weighted by atomic mass is 19.3. The molecule has 0 heterocycles. The normalized spacial score (nSPS) is 14.0. The lowest BCUT2D eigenvalue weighted by molar-refractivity contribution is -0.159. The Morgan fingerprint density at radius 1 is 0.958 bits per heavy atom. The average Bonchev–Trinajstić information content (AvgIpc) is 2.48. The molecule has 0 amide bonds. The number of allylic oxidation sites excluding steroid dienone is 5. The second-order valence-electron chi connectivity index (χ2n) is 6.12. The fourth-order valence-electron chi connectivity index (χ4n) is 1.58. The smallest absolute Gasteiger partial charge is 0.339 e. The third-order valence-electron chi connectivity index (χ3n) is 3.51. The van der Waals surface area contributed by atoms with Gasteiger partial charge >= 0.3 is 11.8 Å². The van der Waals surface area contributed by atoms with E-state index in [0.717, 1.165) is 6.92 Å². The highest BCUT2D eigenvalue weighted by molar-refractivity contribution is 5.44. The highest BCUT2D eigenvalue weighted by Gasteiger charge is 2.58. The molecule has 0 fully saturated rings. The first-order valence-corrected chi connectivity index (χ1v) is 7.53. The van der Waals surface area contributed by atoms with Crippen LogP contribution in [0.25, 0.3) is 0 Å². The lowest BCUT2D eigenvalue weighted by Crippen LogP contribution is -2.42. The van der Waals surface area contributed by atoms with Gasteiger partial charge in [-0.2, -0.15) is 17.6 Å². The van der Waals surface area contributed by atoms with Gasteiger partial charge in [0.2, 0.25) is 0 Å². The van der Waals surface area contributed by atoms with Crippen molar-refractivity contribution in [3.8, 4) is 0 Å². The molecule has 0 bridgehead atoms. The molecule has 1 atom stereocenters. The van der Waals surface area contributed by atoms with Crippen LogP contribution in [0.1, 0.15) is 27.7 Å². The minimum absolute atomic E-state index is 0.0536. The number of halogens is 4. The van der Waals surface area contributed by atoms with Gasteiger partial charge in [-0.15, -0.1) is 0 Å². The Kier molecular flexibility index (Phi) is 7.90. The fourth-order valence-corrected chi connectivity index (χ4v) is 1.58. The highest BCUT2D eigenvalue weighted by Crippen LogP contribution is 2.45. The molecule has 0 saturated heterocycles. The second-order valence-corrected chi connectivity index (χ2v) is 6.12. The Morgan fingerprint density at radius 3 is 1.88 bits per heavy atom. The average molecular weight is 346 g/mol. The van der Waals surface area contributed by atoms with E-state index in [4.69, 9.17) is 4.74 Å². The molecule has 1 nitrogen and oxygen atoms in total. The molecular weight excluding hydrogens is 320 g/mol. The summed E-state index contributed by atoms with van der Waals surface area (Å²) in [6, 6.07) is 0. The summed E-state index contributed by atoms with van der Waals surface area (Å²) in [6.45, 7) is 20.1. The molecule has 0 aromatic rings. The Labute approximate surface area is 142 Å². The van der Waals surface area contributed by atoms with Gasteiger partial charge in [-0.25, -0.2) is 0 Å². The molecule has 0 rings (SSSR count). The van der Waals surface area contributed by atoms with Gasteiger partial charge < -0.3 is 4.74 Å². The molecule has 0 aromatic carbocycles. The van der Waals surface area contributed by atoms with Crippen molar-refractivity contribution in [1.82, 2.24) is 0 Å². The van der Waals surface area contributed by atoms with Gasteiger partial charge in [0, 0.05) is 11.5 Å². The molecule has 136 valence electrons. The summed E-state index contributed by atoms with van der Waals surface area (Å²) in [4.78, 5) is 0. The second kappa shape index (κ2) is 8.47. The molecule has 5 heteroatoms. The van der Waals surface area contributed by atoms with Gasteiger partial charge in [0.15, 0.2) is 0 Å². The SMILES string of the molecule is C=C(/C=C\C(=C)C(C)COC(C)C)C(=C)C(F)(F)C(F)(F)C(=C)C. The van der Waals surface area contributed by atoms with Crippen LogP contribution in [0.2, 0.25) is 0 Å². The first-order chi connectivity index (χ1) is 10.7. The van der Waals surface area contributed by atoms with E-state index in [9.17, 15) is 17.6 Å². The zero-order valence-electron chi connectivity index (χ0n) is 14.8. The summed E-state index contributed by atoms with van der Waals surface area (Å²) in [7, 11) is 0. The monoisotopic (exact) mass is 346 g/mol. The number of hydrogen-bond acceptors (Lipinski definition) is 1. The van der Waals surface area contributed by atoms with E-state index in [1.54, 1.807) is 0 Å². The maximum atomic E-state index is 13.9. The van der Waals surface area contributed by atoms with Crippen molar-refractivity contribution < 1.29 is 22.3 Å². The minimum Gasteiger partial charge on any atom is -0.378 e. The van der Waals surface area contributed by atoms with Gasteiger partial charge in [0.1, 0.15) is 0 Å². The molecule has 0 saturated carbocycles. The Bertz CT molecular complexity index is 542. The van der Waals surface area contributed by atoms with Crippen LogP contribution < -0.4 is 0 Å². The van der Waals surface area contributed by atoms with E-state index >= 15 is 0 Å². The predicted molar refractivity (Wildman–Crippen MR) is 91.5 cm³/mol. The van der Waals surface area contributed by atoms with Crippen molar-refractivity contribution in [3.05, 3.63) is 60.8 Å². The molecular formula is C19H26F4O. The van der Waals surface area contributed by atoms with Gasteiger partial charge in [-0.3, -0.25) is 0 Å². The van der Waals surface area contributed by atoms with Crippen LogP contribution in [-0.4, -0.2) is 24.6 Å². The molecule has 24 heavy (non-hydrogen) atoms. The number of rotatable bonds is 10. The topological polar surface area (TPSA) is 9.23 Å². The molecule has 0 aliphatic heterocycles. The first kappa shape index (κ1) is 22.4. The summed E-state index contributed by atoms with van der Waals surface area (Å²) >= 11 is 0. The van der Waals surface area contributed by atoms with Crippen molar-refractivity contribution >= 4 is 0 Å². The summed E-state index contributed by atoms with van der Waals surface area (Å²) in [6.07, 6.45) is 2.72. The van der Waals surface area contributed by atoms with Crippen LogP contribution in [0.4, 0.5) is 17.6 Å².